The summed E-state index contributed by atoms with van der Waals surface area (Å²) >= 11 is 5.15. The van der Waals surface area contributed by atoms with Gasteiger partial charge in [0.2, 0.25) is 0 Å². The van der Waals surface area contributed by atoms with Crippen LogP contribution in [-0.4, -0.2) is 59.3 Å². The first-order valence-corrected chi connectivity index (χ1v) is 10.3. The maximum absolute atomic E-state index is 6.12. The first-order valence-electron chi connectivity index (χ1n) is 7.54. The van der Waals surface area contributed by atoms with Crippen molar-refractivity contribution in [2.45, 2.75) is 10.8 Å². The fourth-order valence-corrected chi connectivity index (χ4v) is 4.63. The Labute approximate surface area is 171 Å². The van der Waals surface area contributed by atoms with E-state index in [0.717, 1.165) is 54.4 Å². The molecule has 2 aromatic heterocycles. The third-order valence-electron chi connectivity index (χ3n) is 3.50. The zero-order chi connectivity index (χ0) is 15.9. The van der Waals surface area contributed by atoms with E-state index in [2.05, 4.69) is 24.8 Å². The molecule has 6 nitrogen and oxygen atoms in total. The number of thiazole rings is 2. The van der Waals surface area contributed by atoms with Crippen LogP contribution in [0.3, 0.4) is 0 Å². The molecule has 10 heteroatoms. The minimum absolute atomic E-state index is 0. The average molecular weight is 496 g/mol. The second kappa shape index (κ2) is 10.4. The predicted octanol–water partition coefficient (Wildman–Crippen LogP) is 2.84. The van der Waals surface area contributed by atoms with Crippen molar-refractivity contribution in [2.24, 2.45) is 10.7 Å². The maximum Gasteiger partial charge on any atom is 0.191 e. The Kier molecular flexibility index (Phi) is 8.56. The van der Waals surface area contributed by atoms with Gasteiger partial charge in [-0.3, -0.25) is 4.99 Å². The number of anilines is 1. The number of guanidine groups is 1. The van der Waals surface area contributed by atoms with E-state index >= 15 is 0 Å². The smallest absolute Gasteiger partial charge is 0.191 e. The van der Waals surface area contributed by atoms with E-state index < -0.39 is 0 Å². The van der Waals surface area contributed by atoms with Crippen molar-refractivity contribution in [1.82, 2.24) is 14.9 Å². The number of hydrogen-bond donors (Lipinski definition) is 1. The molecular formula is C14H21IN6S3. The van der Waals surface area contributed by atoms with Crippen molar-refractivity contribution in [1.29, 1.82) is 0 Å². The molecule has 2 N–H and O–H groups in total. The van der Waals surface area contributed by atoms with Crippen LogP contribution in [0.2, 0.25) is 0 Å². The van der Waals surface area contributed by atoms with Crippen molar-refractivity contribution in [3.05, 3.63) is 23.2 Å². The van der Waals surface area contributed by atoms with Gasteiger partial charge in [-0.25, -0.2) is 9.97 Å². The average Bonchev–Trinajstić information content (AvgIpc) is 3.28. The van der Waals surface area contributed by atoms with E-state index in [1.807, 2.05) is 23.2 Å². The highest BCUT2D eigenvalue weighted by Gasteiger charge is 2.19. The van der Waals surface area contributed by atoms with Crippen LogP contribution in [-0.2, 0) is 0 Å². The highest BCUT2D eigenvalue weighted by Crippen LogP contribution is 2.21. The number of nitrogens with two attached hydrogens (primary N) is 1. The van der Waals surface area contributed by atoms with Crippen LogP contribution in [0.15, 0.2) is 32.5 Å². The third kappa shape index (κ3) is 5.74. The summed E-state index contributed by atoms with van der Waals surface area (Å²) < 4.78 is 1.13. The number of halogens is 1. The fraction of sp³-hybridized carbons (Fsp3) is 0.500. The lowest BCUT2D eigenvalue weighted by Crippen LogP contribution is -2.51. The van der Waals surface area contributed by atoms with Crippen LogP contribution in [0.25, 0.3) is 0 Å². The fourth-order valence-electron chi connectivity index (χ4n) is 2.30. The van der Waals surface area contributed by atoms with Gasteiger partial charge in [0.05, 0.1) is 0 Å². The Balaban J connectivity index is 0.00000208. The number of aromatic nitrogens is 2. The first kappa shape index (κ1) is 19.7. The van der Waals surface area contributed by atoms with E-state index in [4.69, 9.17) is 5.73 Å². The highest BCUT2D eigenvalue weighted by molar-refractivity contribution is 14.0. The molecule has 0 bridgehead atoms. The largest absolute Gasteiger partial charge is 0.370 e. The summed E-state index contributed by atoms with van der Waals surface area (Å²) in [4.78, 5) is 17.6. The molecule has 1 aliphatic rings. The lowest BCUT2D eigenvalue weighted by atomic mass is 10.3. The summed E-state index contributed by atoms with van der Waals surface area (Å²) in [6.45, 7) is 4.48. The van der Waals surface area contributed by atoms with Gasteiger partial charge in [0.25, 0.3) is 0 Å². The van der Waals surface area contributed by atoms with Gasteiger partial charge in [-0.2, -0.15) is 0 Å². The molecule has 1 fully saturated rings. The minimum Gasteiger partial charge on any atom is -0.370 e. The number of aliphatic imine (C=N–C) groups is 1. The molecule has 1 aliphatic heterocycles. The van der Waals surface area contributed by atoms with Crippen LogP contribution in [0, 0.1) is 0 Å². The minimum atomic E-state index is 0. The van der Waals surface area contributed by atoms with Gasteiger partial charge in [-0.05, 0) is 6.42 Å². The van der Waals surface area contributed by atoms with Crippen LogP contribution in [0.1, 0.15) is 6.42 Å². The summed E-state index contributed by atoms with van der Waals surface area (Å²) in [5, 5.41) is 5.12. The van der Waals surface area contributed by atoms with E-state index in [1.165, 1.54) is 0 Å². The van der Waals surface area contributed by atoms with Gasteiger partial charge >= 0.3 is 0 Å². The molecule has 24 heavy (non-hydrogen) atoms. The third-order valence-corrected chi connectivity index (χ3v) is 6.39. The van der Waals surface area contributed by atoms with E-state index in [1.54, 1.807) is 34.4 Å². The van der Waals surface area contributed by atoms with Gasteiger partial charge < -0.3 is 15.5 Å². The topological polar surface area (TPSA) is 70.6 Å². The normalized spacial score (nSPS) is 15.4. The molecule has 132 valence electrons. The number of hydrogen-bond acceptors (Lipinski definition) is 7. The van der Waals surface area contributed by atoms with Crippen LogP contribution in [0.4, 0.5) is 5.13 Å². The molecule has 0 aromatic carbocycles. The van der Waals surface area contributed by atoms with Crippen molar-refractivity contribution >= 4 is 69.5 Å². The summed E-state index contributed by atoms with van der Waals surface area (Å²) in [6, 6.07) is 0. The maximum atomic E-state index is 6.12. The van der Waals surface area contributed by atoms with Gasteiger partial charge in [-0.1, -0.05) is 11.8 Å². The zero-order valence-electron chi connectivity index (χ0n) is 13.2. The first-order chi connectivity index (χ1) is 11.3. The van der Waals surface area contributed by atoms with E-state index in [0.29, 0.717) is 5.96 Å². The SMILES string of the molecule is I.NC(=NCCCSc1nccs1)N1CCN(c2nccs2)CC1. The zero-order valence-corrected chi connectivity index (χ0v) is 18.0. The van der Waals surface area contributed by atoms with Crippen molar-refractivity contribution in [3.8, 4) is 0 Å². The summed E-state index contributed by atoms with van der Waals surface area (Å²) in [7, 11) is 0. The highest BCUT2D eigenvalue weighted by atomic mass is 127. The molecule has 0 atom stereocenters. The number of piperazine rings is 1. The van der Waals surface area contributed by atoms with Gasteiger partial charge in [0, 0.05) is 61.6 Å². The molecule has 2 aromatic rings. The molecule has 0 unspecified atom stereocenters. The summed E-state index contributed by atoms with van der Waals surface area (Å²) in [6.07, 6.45) is 4.71. The second-order valence-electron chi connectivity index (χ2n) is 5.03. The second-order valence-corrected chi connectivity index (χ2v) is 8.14. The Morgan fingerprint density at radius 3 is 2.58 bits per heavy atom. The lowest BCUT2D eigenvalue weighted by molar-refractivity contribution is 0.380. The molecule has 0 radical (unpaired) electrons. The number of thioether (sulfide) groups is 1. The number of nitrogens with zero attached hydrogens (tertiary/aromatic N) is 5. The molecule has 0 saturated carbocycles. The quantitative estimate of drug-likeness (QED) is 0.218. The molecule has 3 rings (SSSR count). The molecule has 0 aliphatic carbocycles. The monoisotopic (exact) mass is 496 g/mol. The van der Waals surface area contributed by atoms with Crippen LogP contribution >= 0.6 is 58.4 Å². The van der Waals surface area contributed by atoms with Gasteiger partial charge in [0.1, 0.15) is 4.34 Å². The molecule has 3 heterocycles. The molecule has 1 saturated heterocycles. The predicted molar refractivity (Wildman–Crippen MR) is 115 cm³/mol. The Hall–Kier alpha value is -0.590. The Bertz CT molecular complexity index is 596. The van der Waals surface area contributed by atoms with Gasteiger partial charge in [-0.15, -0.1) is 46.7 Å². The molecule has 0 spiro atoms. The van der Waals surface area contributed by atoms with E-state index in [9.17, 15) is 0 Å². The van der Waals surface area contributed by atoms with Crippen molar-refractivity contribution in [3.63, 3.8) is 0 Å². The molecular weight excluding hydrogens is 475 g/mol. The lowest BCUT2D eigenvalue weighted by Gasteiger charge is -2.35. The summed E-state index contributed by atoms with van der Waals surface area (Å²) in [5.74, 6) is 1.70. The van der Waals surface area contributed by atoms with E-state index in [-0.39, 0.29) is 24.0 Å². The molecule has 0 amide bonds. The Morgan fingerprint density at radius 2 is 1.92 bits per heavy atom. The van der Waals surface area contributed by atoms with Crippen LogP contribution in [0.5, 0.6) is 0 Å². The standard InChI is InChI=1S/C14H20N6S3.HI/c15-12(16-2-1-9-22-14-18-4-11-23-14)19-5-7-20(8-6-19)13-17-3-10-21-13;/h3-4,10-11H,1-2,5-9H2,(H2,15,16);1H. The van der Waals surface area contributed by atoms with Crippen LogP contribution < -0.4 is 10.6 Å². The van der Waals surface area contributed by atoms with Crippen molar-refractivity contribution < 1.29 is 0 Å². The number of rotatable bonds is 6. The van der Waals surface area contributed by atoms with Gasteiger partial charge in [0.15, 0.2) is 11.1 Å². The van der Waals surface area contributed by atoms with Crippen molar-refractivity contribution in [2.75, 3.05) is 43.4 Å². The summed E-state index contributed by atoms with van der Waals surface area (Å²) in [5.41, 5.74) is 6.12. The Morgan fingerprint density at radius 1 is 1.17 bits per heavy atom.